The van der Waals surface area contributed by atoms with Crippen molar-refractivity contribution in [3.63, 3.8) is 0 Å². The van der Waals surface area contributed by atoms with E-state index in [1.807, 2.05) is 6.92 Å². The number of thiocarbonyl (C=S) groups is 1. The van der Waals surface area contributed by atoms with Gasteiger partial charge < -0.3 is 24.1 Å². The number of benzene rings is 2. The molecule has 2 aromatic carbocycles. The summed E-state index contributed by atoms with van der Waals surface area (Å²) in [5, 5.41) is 8.79. The number of rotatable bonds is 10. The lowest BCUT2D eigenvalue weighted by Gasteiger charge is -2.18. The summed E-state index contributed by atoms with van der Waals surface area (Å²) in [5.74, 6) is 0.752. The fourth-order valence-electron chi connectivity index (χ4n) is 3.05. The summed E-state index contributed by atoms with van der Waals surface area (Å²) in [6.45, 7) is 2.26. The van der Waals surface area contributed by atoms with E-state index in [1.54, 1.807) is 49.6 Å². The van der Waals surface area contributed by atoms with Crippen LogP contribution in [-0.2, 0) is 9.59 Å². The van der Waals surface area contributed by atoms with Gasteiger partial charge in [-0.15, -0.1) is 0 Å². The molecule has 3 rings (SSSR count). The lowest BCUT2D eigenvalue weighted by molar-refractivity contribution is -0.137. The fourth-order valence-corrected chi connectivity index (χ4v) is 4.33. The van der Waals surface area contributed by atoms with Gasteiger partial charge in [0.05, 0.1) is 44.4 Å². The number of carboxylic acid groups (broad SMARTS) is 1. The zero-order chi connectivity index (χ0) is 24.0. The Morgan fingerprint density at radius 2 is 1.88 bits per heavy atom. The van der Waals surface area contributed by atoms with Crippen molar-refractivity contribution in [2.45, 2.75) is 13.3 Å². The average Bonchev–Trinajstić information content (AvgIpc) is 3.07. The van der Waals surface area contributed by atoms with E-state index in [0.29, 0.717) is 50.1 Å². The molecule has 2 aromatic rings. The molecule has 0 spiro atoms. The van der Waals surface area contributed by atoms with Crippen LogP contribution in [-0.4, -0.2) is 48.7 Å². The van der Waals surface area contributed by atoms with Gasteiger partial charge in [-0.25, -0.2) is 0 Å². The fraction of sp³-hybridized carbons (Fsp3) is 0.261. The van der Waals surface area contributed by atoms with Gasteiger partial charge in [-0.05, 0) is 42.8 Å². The third-order valence-electron chi connectivity index (χ3n) is 4.56. The lowest BCUT2D eigenvalue weighted by atomic mass is 10.1. The number of thioether (sulfide) groups is 1. The standard InChI is InChI=1S/C23H23NO7S2/c1-4-30-19-11-14(5-8-17(19)31-10-9-21(25)26)12-20-22(27)24(23(32)33-20)16-7-6-15(28-2)13-18(16)29-3/h5-8,11-13H,4,9-10H2,1-3H3,(H,25,26)/b20-12+. The predicted molar refractivity (Wildman–Crippen MR) is 131 cm³/mol. The minimum absolute atomic E-state index is 0.0249. The second kappa shape index (κ2) is 11.1. The first-order chi connectivity index (χ1) is 15.9. The minimum Gasteiger partial charge on any atom is -0.497 e. The van der Waals surface area contributed by atoms with E-state index in [9.17, 15) is 9.59 Å². The quantitative estimate of drug-likeness (QED) is 0.386. The Morgan fingerprint density at radius 1 is 1.09 bits per heavy atom. The van der Waals surface area contributed by atoms with Crippen LogP contribution >= 0.6 is 24.0 Å². The van der Waals surface area contributed by atoms with Crippen molar-refractivity contribution in [1.82, 2.24) is 0 Å². The highest BCUT2D eigenvalue weighted by atomic mass is 32.2. The van der Waals surface area contributed by atoms with E-state index >= 15 is 0 Å². The molecule has 174 valence electrons. The molecule has 0 aliphatic carbocycles. The maximum Gasteiger partial charge on any atom is 0.306 e. The van der Waals surface area contributed by atoms with Crippen LogP contribution in [0.5, 0.6) is 23.0 Å². The predicted octanol–water partition coefficient (Wildman–Crippen LogP) is 4.36. The van der Waals surface area contributed by atoms with Crippen LogP contribution in [0.2, 0.25) is 0 Å². The molecule has 1 aliphatic rings. The van der Waals surface area contributed by atoms with Crippen LogP contribution in [0, 0.1) is 0 Å². The molecule has 0 bridgehead atoms. The number of carbonyl (C=O) groups is 2. The zero-order valence-corrected chi connectivity index (χ0v) is 20.0. The first-order valence-electron chi connectivity index (χ1n) is 9.99. The summed E-state index contributed by atoms with van der Waals surface area (Å²) >= 11 is 6.65. The largest absolute Gasteiger partial charge is 0.497 e. The van der Waals surface area contributed by atoms with Crippen LogP contribution in [0.25, 0.3) is 6.08 Å². The van der Waals surface area contributed by atoms with Crippen LogP contribution in [0.4, 0.5) is 5.69 Å². The number of aliphatic carboxylic acids is 1. The third kappa shape index (κ3) is 5.77. The molecule has 0 radical (unpaired) electrons. The van der Waals surface area contributed by atoms with Gasteiger partial charge >= 0.3 is 5.97 Å². The van der Waals surface area contributed by atoms with E-state index in [2.05, 4.69) is 0 Å². The van der Waals surface area contributed by atoms with Gasteiger partial charge in [-0.3, -0.25) is 14.5 Å². The molecule has 0 aromatic heterocycles. The maximum absolute atomic E-state index is 13.2. The number of carboxylic acids is 1. The molecule has 1 amide bonds. The summed E-state index contributed by atoms with van der Waals surface area (Å²) in [6, 6.07) is 10.3. The van der Waals surface area contributed by atoms with Crippen molar-refractivity contribution in [3.05, 3.63) is 46.9 Å². The molecule has 1 aliphatic heterocycles. The highest BCUT2D eigenvalue weighted by Crippen LogP contribution is 2.41. The Bertz CT molecular complexity index is 1100. The third-order valence-corrected chi connectivity index (χ3v) is 5.86. The van der Waals surface area contributed by atoms with Crippen molar-refractivity contribution in [3.8, 4) is 23.0 Å². The van der Waals surface area contributed by atoms with E-state index in [4.69, 9.17) is 36.3 Å². The van der Waals surface area contributed by atoms with Crippen LogP contribution < -0.4 is 23.8 Å². The van der Waals surface area contributed by atoms with E-state index in [1.165, 1.54) is 23.8 Å². The Kier molecular flexibility index (Phi) is 8.18. The van der Waals surface area contributed by atoms with Gasteiger partial charge in [0.25, 0.3) is 5.91 Å². The van der Waals surface area contributed by atoms with Gasteiger partial charge in [0.2, 0.25) is 0 Å². The monoisotopic (exact) mass is 489 g/mol. The molecule has 1 fully saturated rings. The molecule has 1 N–H and O–H groups in total. The molecule has 10 heteroatoms. The second-order valence-electron chi connectivity index (χ2n) is 6.69. The van der Waals surface area contributed by atoms with Crippen LogP contribution in [0.3, 0.4) is 0 Å². The highest BCUT2D eigenvalue weighted by Gasteiger charge is 2.35. The Morgan fingerprint density at radius 3 is 2.55 bits per heavy atom. The summed E-state index contributed by atoms with van der Waals surface area (Å²) in [7, 11) is 3.07. The Labute approximate surface area is 201 Å². The van der Waals surface area contributed by atoms with E-state index < -0.39 is 5.97 Å². The maximum atomic E-state index is 13.2. The lowest BCUT2D eigenvalue weighted by Crippen LogP contribution is -2.27. The second-order valence-corrected chi connectivity index (χ2v) is 8.36. The molecule has 1 heterocycles. The summed E-state index contributed by atoms with van der Waals surface area (Å²) in [4.78, 5) is 25.8. The molecular formula is C23H23NO7S2. The first kappa shape index (κ1) is 24.4. The van der Waals surface area contributed by atoms with Crippen molar-refractivity contribution in [2.75, 3.05) is 32.3 Å². The van der Waals surface area contributed by atoms with Gasteiger partial charge in [-0.2, -0.15) is 0 Å². The summed E-state index contributed by atoms with van der Waals surface area (Å²) in [6.07, 6.45) is 1.60. The van der Waals surface area contributed by atoms with Gasteiger partial charge in [0, 0.05) is 6.07 Å². The van der Waals surface area contributed by atoms with Gasteiger partial charge in [0.15, 0.2) is 15.8 Å². The van der Waals surface area contributed by atoms with Gasteiger partial charge in [0.1, 0.15) is 11.5 Å². The number of carbonyl (C=O) groups excluding carboxylic acids is 1. The number of amides is 1. The average molecular weight is 490 g/mol. The first-order valence-corrected chi connectivity index (χ1v) is 11.2. The molecule has 0 saturated carbocycles. The van der Waals surface area contributed by atoms with Crippen molar-refractivity contribution < 1.29 is 33.6 Å². The number of hydrogen-bond donors (Lipinski definition) is 1. The van der Waals surface area contributed by atoms with Crippen molar-refractivity contribution in [1.29, 1.82) is 0 Å². The minimum atomic E-state index is -0.944. The highest BCUT2D eigenvalue weighted by molar-refractivity contribution is 8.27. The molecule has 8 nitrogen and oxygen atoms in total. The Hall–Kier alpha value is -3.24. The van der Waals surface area contributed by atoms with Crippen LogP contribution in [0.15, 0.2) is 41.3 Å². The zero-order valence-electron chi connectivity index (χ0n) is 18.3. The van der Waals surface area contributed by atoms with Gasteiger partial charge in [-0.1, -0.05) is 30.0 Å². The number of anilines is 1. The van der Waals surface area contributed by atoms with Crippen molar-refractivity contribution in [2.24, 2.45) is 0 Å². The normalized spacial score (nSPS) is 14.5. The van der Waals surface area contributed by atoms with E-state index in [0.717, 1.165) is 0 Å². The Balaban J connectivity index is 1.87. The molecule has 33 heavy (non-hydrogen) atoms. The SMILES string of the molecule is CCOc1cc(/C=C2/SC(=S)N(c3ccc(OC)cc3OC)C2=O)ccc1OCCC(=O)O. The summed E-state index contributed by atoms with van der Waals surface area (Å²) < 4.78 is 22.2. The molecule has 1 saturated heterocycles. The van der Waals surface area contributed by atoms with Crippen LogP contribution in [0.1, 0.15) is 18.9 Å². The number of methoxy groups -OCH3 is 2. The molecule has 0 unspecified atom stereocenters. The molecule has 0 atom stereocenters. The van der Waals surface area contributed by atoms with E-state index in [-0.39, 0.29) is 18.9 Å². The number of nitrogens with zero attached hydrogens (tertiary/aromatic N) is 1. The topological polar surface area (TPSA) is 94.5 Å². The molecular weight excluding hydrogens is 466 g/mol. The smallest absolute Gasteiger partial charge is 0.306 e. The number of ether oxygens (including phenoxy) is 4. The van der Waals surface area contributed by atoms with Crippen molar-refractivity contribution >= 4 is 51.9 Å². The number of hydrogen-bond acceptors (Lipinski definition) is 8. The summed E-state index contributed by atoms with van der Waals surface area (Å²) in [5.41, 5.74) is 1.24.